The number of hydrogen-bond donors (Lipinski definition) is 0. The van der Waals surface area contributed by atoms with Crippen LogP contribution in [0.5, 0.6) is 0 Å². The van der Waals surface area contributed by atoms with Gasteiger partial charge in [-0.1, -0.05) is 27.2 Å². The Morgan fingerprint density at radius 1 is 1.00 bits per heavy atom. The molecular weight excluding hydrogens is 206 g/mol. The maximum atomic E-state index is 2.77. The van der Waals surface area contributed by atoms with E-state index >= 15 is 0 Å². The van der Waals surface area contributed by atoms with Crippen molar-refractivity contribution in [3.63, 3.8) is 0 Å². The van der Waals surface area contributed by atoms with Crippen LogP contribution in [0.15, 0.2) is 0 Å². The van der Waals surface area contributed by atoms with Crippen molar-refractivity contribution in [2.75, 3.05) is 19.6 Å². The summed E-state index contributed by atoms with van der Waals surface area (Å²) in [7, 11) is 0. The first-order valence-electron chi connectivity index (χ1n) is 7.89. The fourth-order valence-corrected chi connectivity index (χ4v) is 4.28. The molecule has 17 heavy (non-hydrogen) atoms. The number of piperidine rings is 1. The molecule has 3 unspecified atom stereocenters. The van der Waals surface area contributed by atoms with Gasteiger partial charge in [-0.25, -0.2) is 0 Å². The van der Waals surface area contributed by atoms with E-state index in [1.165, 1.54) is 58.2 Å². The lowest BCUT2D eigenvalue weighted by Crippen LogP contribution is -2.40. The van der Waals surface area contributed by atoms with Crippen LogP contribution >= 0.6 is 0 Å². The van der Waals surface area contributed by atoms with Crippen molar-refractivity contribution >= 4 is 0 Å². The number of nitrogens with zero attached hydrogens (tertiary/aromatic N) is 1. The van der Waals surface area contributed by atoms with Crippen LogP contribution in [-0.2, 0) is 0 Å². The molecule has 0 aromatic heterocycles. The highest BCUT2D eigenvalue weighted by molar-refractivity contribution is 4.80. The summed E-state index contributed by atoms with van der Waals surface area (Å²) in [6.07, 6.45) is 8.73. The van der Waals surface area contributed by atoms with Gasteiger partial charge in [-0.3, -0.25) is 0 Å². The van der Waals surface area contributed by atoms with Crippen molar-refractivity contribution in [3.05, 3.63) is 0 Å². The molecule has 0 N–H and O–H groups in total. The molecule has 0 amide bonds. The third kappa shape index (κ3) is 3.98. The molecule has 0 aromatic rings. The second-order valence-electron chi connectivity index (χ2n) is 6.96. The van der Waals surface area contributed by atoms with Crippen molar-refractivity contribution in [1.29, 1.82) is 0 Å². The molecule has 0 bridgehead atoms. The van der Waals surface area contributed by atoms with Gasteiger partial charge in [0.2, 0.25) is 0 Å². The second-order valence-corrected chi connectivity index (χ2v) is 6.96. The lowest BCUT2D eigenvalue weighted by atomic mass is 9.76. The third-order valence-corrected chi connectivity index (χ3v) is 4.97. The molecule has 3 atom stereocenters. The largest absolute Gasteiger partial charge is 0.303 e. The molecule has 2 aliphatic rings. The summed E-state index contributed by atoms with van der Waals surface area (Å²) in [5, 5.41) is 0. The van der Waals surface area contributed by atoms with E-state index in [1.54, 1.807) is 0 Å². The van der Waals surface area contributed by atoms with Crippen LogP contribution in [0.3, 0.4) is 0 Å². The van der Waals surface area contributed by atoms with Crippen LogP contribution in [0.1, 0.15) is 59.3 Å². The van der Waals surface area contributed by atoms with Gasteiger partial charge in [-0.2, -0.15) is 0 Å². The maximum Gasteiger partial charge on any atom is 0.000997 e. The summed E-state index contributed by atoms with van der Waals surface area (Å²) in [5.74, 6) is 3.91. The minimum absolute atomic E-state index is 0.968. The van der Waals surface area contributed by atoms with Crippen LogP contribution in [0.4, 0.5) is 0 Å². The Labute approximate surface area is 108 Å². The molecule has 1 heteroatoms. The molecule has 0 aromatic carbocycles. The zero-order chi connectivity index (χ0) is 12.3. The highest BCUT2D eigenvalue weighted by atomic mass is 15.1. The Balaban J connectivity index is 1.79. The molecule has 1 nitrogen and oxygen atoms in total. The lowest BCUT2D eigenvalue weighted by molar-refractivity contribution is 0.112. The molecule has 2 fully saturated rings. The van der Waals surface area contributed by atoms with Gasteiger partial charge in [-0.15, -0.1) is 0 Å². The van der Waals surface area contributed by atoms with Crippen molar-refractivity contribution in [2.24, 2.45) is 23.7 Å². The monoisotopic (exact) mass is 237 g/mol. The van der Waals surface area contributed by atoms with E-state index in [1.807, 2.05) is 0 Å². The van der Waals surface area contributed by atoms with Gasteiger partial charge in [-0.05, 0) is 62.3 Å². The first-order valence-corrected chi connectivity index (χ1v) is 7.89. The second kappa shape index (κ2) is 6.22. The molecule has 2 rings (SSSR count). The van der Waals surface area contributed by atoms with Crippen molar-refractivity contribution in [2.45, 2.75) is 59.3 Å². The smallest absolute Gasteiger partial charge is 0.000997 e. The number of rotatable bonds is 3. The average molecular weight is 237 g/mol. The number of likely N-dealkylation sites (tertiary alicyclic amines) is 1. The van der Waals surface area contributed by atoms with Gasteiger partial charge in [0.15, 0.2) is 0 Å². The van der Waals surface area contributed by atoms with Crippen molar-refractivity contribution in [3.8, 4) is 0 Å². The molecule has 0 spiro atoms. The molecule has 1 saturated heterocycles. The minimum Gasteiger partial charge on any atom is -0.303 e. The van der Waals surface area contributed by atoms with Gasteiger partial charge >= 0.3 is 0 Å². The van der Waals surface area contributed by atoms with E-state index in [0.717, 1.165) is 23.7 Å². The van der Waals surface area contributed by atoms with Gasteiger partial charge in [0, 0.05) is 13.1 Å². The third-order valence-electron chi connectivity index (χ3n) is 4.97. The molecule has 1 saturated carbocycles. The van der Waals surface area contributed by atoms with E-state index in [0.29, 0.717) is 0 Å². The average Bonchev–Trinajstić information content (AvgIpc) is 2.28. The highest BCUT2D eigenvalue weighted by Gasteiger charge is 2.27. The summed E-state index contributed by atoms with van der Waals surface area (Å²) in [6.45, 7) is 11.4. The predicted molar refractivity (Wildman–Crippen MR) is 75.1 cm³/mol. The van der Waals surface area contributed by atoms with E-state index in [9.17, 15) is 0 Å². The highest BCUT2D eigenvalue weighted by Crippen LogP contribution is 2.34. The molecule has 100 valence electrons. The molecule has 0 radical (unpaired) electrons. The fraction of sp³-hybridized carbons (Fsp3) is 1.00. The Bertz CT molecular complexity index is 216. The van der Waals surface area contributed by atoms with Crippen molar-refractivity contribution < 1.29 is 0 Å². The topological polar surface area (TPSA) is 3.24 Å². The van der Waals surface area contributed by atoms with Gasteiger partial charge in [0.05, 0.1) is 0 Å². The summed E-state index contributed by atoms with van der Waals surface area (Å²) in [5.41, 5.74) is 0. The Morgan fingerprint density at radius 2 is 1.71 bits per heavy atom. The van der Waals surface area contributed by atoms with E-state index in [4.69, 9.17) is 0 Å². The first kappa shape index (κ1) is 13.4. The van der Waals surface area contributed by atoms with E-state index < -0.39 is 0 Å². The molecule has 1 aliphatic carbocycles. The molecule has 1 heterocycles. The minimum atomic E-state index is 0.968. The summed E-state index contributed by atoms with van der Waals surface area (Å²) >= 11 is 0. The first-order chi connectivity index (χ1) is 8.17. The normalized spacial score (nSPS) is 40.4. The quantitative estimate of drug-likeness (QED) is 0.712. The Morgan fingerprint density at radius 3 is 2.35 bits per heavy atom. The van der Waals surface area contributed by atoms with Gasteiger partial charge in [0.25, 0.3) is 0 Å². The van der Waals surface area contributed by atoms with Crippen LogP contribution in [-0.4, -0.2) is 24.5 Å². The van der Waals surface area contributed by atoms with Crippen LogP contribution in [0.25, 0.3) is 0 Å². The van der Waals surface area contributed by atoms with Gasteiger partial charge in [0.1, 0.15) is 0 Å². The standard InChI is InChI=1S/C16H31N/c1-4-15-6-5-7-17(11-15)12-16-9-13(2)8-14(3)10-16/h13-16H,4-12H2,1-3H3. The van der Waals surface area contributed by atoms with Crippen LogP contribution in [0.2, 0.25) is 0 Å². The maximum absolute atomic E-state index is 2.77. The SMILES string of the molecule is CCC1CCCN(CC2CC(C)CC(C)C2)C1. The van der Waals surface area contributed by atoms with Gasteiger partial charge < -0.3 is 4.90 Å². The summed E-state index contributed by atoms with van der Waals surface area (Å²) < 4.78 is 0. The van der Waals surface area contributed by atoms with Crippen molar-refractivity contribution in [1.82, 2.24) is 4.90 Å². The summed E-state index contributed by atoms with van der Waals surface area (Å²) in [6, 6.07) is 0. The summed E-state index contributed by atoms with van der Waals surface area (Å²) in [4.78, 5) is 2.77. The Kier molecular flexibility index (Phi) is 4.90. The lowest BCUT2D eigenvalue weighted by Gasteiger charge is -2.38. The fourth-order valence-electron chi connectivity index (χ4n) is 4.28. The zero-order valence-electron chi connectivity index (χ0n) is 12.1. The number of hydrogen-bond acceptors (Lipinski definition) is 1. The molecule has 1 aliphatic heterocycles. The molecular formula is C16H31N. The predicted octanol–water partition coefficient (Wildman–Crippen LogP) is 4.18. The van der Waals surface area contributed by atoms with E-state index in [2.05, 4.69) is 25.7 Å². The van der Waals surface area contributed by atoms with E-state index in [-0.39, 0.29) is 0 Å². The zero-order valence-corrected chi connectivity index (χ0v) is 12.1. The van der Waals surface area contributed by atoms with Crippen LogP contribution < -0.4 is 0 Å². The Hall–Kier alpha value is -0.0400. The van der Waals surface area contributed by atoms with Crippen LogP contribution in [0, 0.1) is 23.7 Å².